The zero-order chi connectivity index (χ0) is 14.6. The third-order valence-electron chi connectivity index (χ3n) is 4.27. The van der Waals surface area contributed by atoms with Crippen molar-refractivity contribution in [3.63, 3.8) is 0 Å². The van der Waals surface area contributed by atoms with Crippen LogP contribution in [0.25, 0.3) is 0 Å². The molecule has 0 radical (unpaired) electrons. The third kappa shape index (κ3) is 4.64. The van der Waals surface area contributed by atoms with E-state index in [2.05, 4.69) is 33.0 Å². The van der Waals surface area contributed by atoms with E-state index in [1.807, 2.05) is 6.07 Å². The first-order chi connectivity index (χ1) is 9.46. The normalized spacial score (nSPS) is 19.6. The van der Waals surface area contributed by atoms with Crippen LogP contribution in [-0.4, -0.2) is 12.1 Å². The lowest BCUT2D eigenvalue weighted by Gasteiger charge is -2.34. The molecule has 1 aromatic rings. The molecule has 3 heteroatoms. The molecule has 2 rings (SSSR count). The van der Waals surface area contributed by atoms with Crippen LogP contribution in [0.15, 0.2) is 16.7 Å². The molecule has 20 heavy (non-hydrogen) atoms. The molecule has 0 spiro atoms. The number of hydrogen-bond donors (Lipinski definition) is 1. The average Bonchev–Trinajstić information content (AvgIpc) is 2.82. The van der Waals surface area contributed by atoms with Crippen LogP contribution >= 0.6 is 0 Å². The van der Waals surface area contributed by atoms with Gasteiger partial charge < -0.3 is 14.5 Å². The van der Waals surface area contributed by atoms with Crippen LogP contribution in [0.2, 0.25) is 0 Å². The highest BCUT2D eigenvalue weighted by Crippen LogP contribution is 2.36. The monoisotopic (exact) mass is 279 g/mol. The van der Waals surface area contributed by atoms with E-state index in [0.29, 0.717) is 24.2 Å². The van der Waals surface area contributed by atoms with Gasteiger partial charge in [-0.1, -0.05) is 27.7 Å². The topological polar surface area (TPSA) is 34.4 Å². The second kappa shape index (κ2) is 6.77. The van der Waals surface area contributed by atoms with Gasteiger partial charge in [-0.2, -0.15) is 0 Å². The van der Waals surface area contributed by atoms with Crippen molar-refractivity contribution < 1.29 is 9.15 Å². The van der Waals surface area contributed by atoms with E-state index in [1.54, 1.807) is 6.26 Å². The fourth-order valence-corrected chi connectivity index (χ4v) is 2.70. The highest BCUT2D eigenvalue weighted by Gasteiger charge is 2.27. The Hall–Kier alpha value is -0.800. The molecule has 1 aliphatic carbocycles. The van der Waals surface area contributed by atoms with Crippen LogP contribution < -0.4 is 5.32 Å². The maximum atomic E-state index is 6.05. The van der Waals surface area contributed by atoms with E-state index >= 15 is 0 Å². The number of furan rings is 1. The van der Waals surface area contributed by atoms with Crippen molar-refractivity contribution >= 4 is 0 Å². The van der Waals surface area contributed by atoms with Gasteiger partial charge in [-0.25, -0.2) is 0 Å². The summed E-state index contributed by atoms with van der Waals surface area (Å²) in [4.78, 5) is 0. The molecule has 0 aliphatic heterocycles. The summed E-state index contributed by atoms with van der Waals surface area (Å²) in [7, 11) is 0. The molecule has 0 saturated heterocycles. The molecular weight excluding hydrogens is 250 g/mol. The lowest BCUT2D eigenvalue weighted by atomic mass is 9.76. The van der Waals surface area contributed by atoms with Crippen molar-refractivity contribution in [2.45, 2.75) is 78.7 Å². The summed E-state index contributed by atoms with van der Waals surface area (Å²) < 4.78 is 11.6. The summed E-state index contributed by atoms with van der Waals surface area (Å²) in [5, 5.41) is 3.42. The Morgan fingerprint density at radius 2 is 2.05 bits per heavy atom. The summed E-state index contributed by atoms with van der Waals surface area (Å²) in [6.45, 7) is 10.5. The maximum Gasteiger partial charge on any atom is 0.133 e. The van der Waals surface area contributed by atoms with E-state index in [1.165, 1.54) is 31.2 Å². The summed E-state index contributed by atoms with van der Waals surface area (Å²) in [5.74, 6) is 0.975. The van der Waals surface area contributed by atoms with Gasteiger partial charge >= 0.3 is 0 Å². The Balaban J connectivity index is 1.78. The molecule has 1 heterocycles. The minimum Gasteiger partial charge on any atom is -0.467 e. The molecule has 1 aliphatic rings. The van der Waals surface area contributed by atoms with Crippen molar-refractivity contribution in [3.8, 4) is 0 Å². The fraction of sp³-hybridized carbons (Fsp3) is 0.765. The zero-order valence-corrected chi connectivity index (χ0v) is 13.4. The maximum absolute atomic E-state index is 6.05. The molecule has 1 aromatic heterocycles. The standard InChI is InChI=1S/C17H29NO2/c1-13(2)18-11-14-7-10-19-16(14)12-20-15-5-8-17(3,4)9-6-15/h7,10,13,15,18H,5-6,8-9,11-12H2,1-4H3. The average molecular weight is 279 g/mol. The Morgan fingerprint density at radius 3 is 2.70 bits per heavy atom. The van der Waals surface area contributed by atoms with Gasteiger partial charge in [0.15, 0.2) is 0 Å². The van der Waals surface area contributed by atoms with Crippen LogP contribution in [0.1, 0.15) is 64.7 Å². The van der Waals surface area contributed by atoms with Gasteiger partial charge in [-0.05, 0) is 37.2 Å². The quantitative estimate of drug-likeness (QED) is 0.844. The van der Waals surface area contributed by atoms with E-state index in [-0.39, 0.29) is 0 Å². The minimum atomic E-state index is 0.402. The molecule has 1 N–H and O–H groups in total. The van der Waals surface area contributed by atoms with Gasteiger partial charge in [-0.15, -0.1) is 0 Å². The molecule has 0 amide bonds. The lowest BCUT2D eigenvalue weighted by Crippen LogP contribution is -2.26. The molecule has 0 atom stereocenters. The summed E-state index contributed by atoms with van der Waals surface area (Å²) in [5.41, 5.74) is 1.71. The van der Waals surface area contributed by atoms with E-state index in [9.17, 15) is 0 Å². The molecule has 0 bridgehead atoms. The van der Waals surface area contributed by atoms with Crippen LogP contribution in [0.3, 0.4) is 0 Å². The number of nitrogens with one attached hydrogen (secondary N) is 1. The van der Waals surface area contributed by atoms with Crippen molar-refractivity contribution in [1.82, 2.24) is 5.32 Å². The molecule has 3 nitrogen and oxygen atoms in total. The third-order valence-corrected chi connectivity index (χ3v) is 4.27. The summed E-state index contributed by atoms with van der Waals surface area (Å²) in [6, 6.07) is 2.53. The number of rotatable bonds is 6. The molecule has 0 unspecified atom stereocenters. The first-order valence-corrected chi connectivity index (χ1v) is 7.86. The van der Waals surface area contributed by atoms with Crippen LogP contribution in [-0.2, 0) is 17.9 Å². The van der Waals surface area contributed by atoms with Crippen LogP contribution in [0, 0.1) is 5.41 Å². The Morgan fingerprint density at radius 1 is 1.35 bits per heavy atom. The Labute approximate surface area is 123 Å². The SMILES string of the molecule is CC(C)NCc1ccoc1COC1CCC(C)(C)CC1. The van der Waals surface area contributed by atoms with Gasteiger partial charge in [-0.3, -0.25) is 0 Å². The Bertz CT molecular complexity index is 399. The van der Waals surface area contributed by atoms with Crippen molar-refractivity contribution in [1.29, 1.82) is 0 Å². The second-order valence-electron chi connectivity index (χ2n) is 7.08. The smallest absolute Gasteiger partial charge is 0.133 e. The molecular formula is C17H29NO2. The number of hydrogen-bond acceptors (Lipinski definition) is 3. The summed E-state index contributed by atoms with van der Waals surface area (Å²) in [6.07, 6.45) is 7.04. The van der Waals surface area contributed by atoms with Crippen molar-refractivity contribution in [2.75, 3.05) is 0 Å². The molecule has 0 aromatic carbocycles. The molecule has 1 saturated carbocycles. The minimum absolute atomic E-state index is 0.402. The first kappa shape index (κ1) is 15.6. The van der Waals surface area contributed by atoms with Crippen molar-refractivity contribution in [3.05, 3.63) is 23.7 Å². The van der Waals surface area contributed by atoms with Gasteiger partial charge in [0.25, 0.3) is 0 Å². The largest absolute Gasteiger partial charge is 0.467 e. The predicted octanol–water partition coefficient (Wildman–Crippen LogP) is 4.26. The van der Waals surface area contributed by atoms with Gasteiger partial charge in [0.05, 0.1) is 12.4 Å². The van der Waals surface area contributed by atoms with E-state index < -0.39 is 0 Å². The van der Waals surface area contributed by atoms with E-state index in [4.69, 9.17) is 9.15 Å². The number of ether oxygens (including phenoxy) is 1. The van der Waals surface area contributed by atoms with Gasteiger partial charge in [0, 0.05) is 18.2 Å². The van der Waals surface area contributed by atoms with Crippen LogP contribution in [0.5, 0.6) is 0 Å². The van der Waals surface area contributed by atoms with E-state index in [0.717, 1.165) is 12.3 Å². The summed E-state index contributed by atoms with van der Waals surface area (Å²) >= 11 is 0. The fourth-order valence-electron chi connectivity index (χ4n) is 2.70. The first-order valence-electron chi connectivity index (χ1n) is 7.86. The highest BCUT2D eigenvalue weighted by atomic mass is 16.5. The second-order valence-corrected chi connectivity index (χ2v) is 7.08. The molecule has 1 fully saturated rings. The lowest BCUT2D eigenvalue weighted by molar-refractivity contribution is -0.0124. The zero-order valence-electron chi connectivity index (χ0n) is 13.4. The van der Waals surface area contributed by atoms with Gasteiger partial charge in [0.2, 0.25) is 0 Å². The molecule has 114 valence electrons. The van der Waals surface area contributed by atoms with Gasteiger partial charge in [0.1, 0.15) is 12.4 Å². The Kier molecular flexibility index (Phi) is 5.28. The predicted molar refractivity (Wildman–Crippen MR) is 81.5 cm³/mol. The van der Waals surface area contributed by atoms with Crippen LogP contribution in [0.4, 0.5) is 0 Å². The van der Waals surface area contributed by atoms with Crippen molar-refractivity contribution in [2.24, 2.45) is 5.41 Å². The highest BCUT2D eigenvalue weighted by molar-refractivity contribution is 5.16.